The minimum Gasteiger partial charge on any atom is -0.360 e. The molecule has 1 rings (SSSR count). The number of nitrogens with zero attached hydrogens (tertiary/aromatic N) is 2. The van der Waals surface area contributed by atoms with Gasteiger partial charge in [0.15, 0.2) is 10.2 Å². The van der Waals surface area contributed by atoms with Crippen LogP contribution >= 0.6 is 24.4 Å². The summed E-state index contributed by atoms with van der Waals surface area (Å²) < 4.78 is 0. The Labute approximate surface area is 122 Å². The van der Waals surface area contributed by atoms with Gasteiger partial charge in [0.1, 0.15) is 0 Å². The van der Waals surface area contributed by atoms with E-state index in [1.807, 2.05) is 0 Å². The van der Waals surface area contributed by atoms with Crippen LogP contribution in [0.5, 0.6) is 0 Å². The Balaban J connectivity index is 2.71. The van der Waals surface area contributed by atoms with Crippen LogP contribution in [0.4, 0.5) is 0 Å². The average molecular weight is 287 g/mol. The molecule has 1 heterocycles. The molecule has 0 spiro atoms. The lowest BCUT2D eigenvalue weighted by Gasteiger charge is -2.38. The number of nitrogens with one attached hydrogen (secondary N) is 1. The first-order valence-electron chi connectivity index (χ1n) is 6.82. The zero-order valence-corrected chi connectivity index (χ0v) is 13.5. The SMILES string of the molecule is CC(C)NC(=S)N(C(=S)N1CCCCC1)C(C)C. The van der Waals surface area contributed by atoms with Gasteiger partial charge in [-0.05, 0) is 71.4 Å². The minimum absolute atomic E-state index is 0.290. The van der Waals surface area contributed by atoms with E-state index in [2.05, 4.69) is 42.8 Å². The molecule has 0 radical (unpaired) electrons. The number of rotatable bonds is 2. The monoisotopic (exact) mass is 287 g/mol. The normalized spacial score (nSPS) is 16.0. The topological polar surface area (TPSA) is 18.5 Å². The molecule has 3 nitrogen and oxygen atoms in total. The Kier molecular flexibility index (Phi) is 6.29. The van der Waals surface area contributed by atoms with Gasteiger partial charge in [-0.3, -0.25) is 4.90 Å². The van der Waals surface area contributed by atoms with Crippen molar-refractivity contribution >= 4 is 34.7 Å². The highest BCUT2D eigenvalue weighted by molar-refractivity contribution is 7.81. The van der Waals surface area contributed by atoms with Crippen LogP contribution in [0.3, 0.4) is 0 Å². The lowest BCUT2D eigenvalue weighted by atomic mass is 10.1. The first-order valence-corrected chi connectivity index (χ1v) is 7.63. The smallest absolute Gasteiger partial charge is 0.178 e. The Hall–Kier alpha value is -0.420. The molecule has 5 heteroatoms. The summed E-state index contributed by atoms with van der Waals surface area (Å²) >= 11 is 11.1. The Morgan fingerprint density at radius 2 is 1.61 bits per heavy atom. The fraction of sp³-hybridized carbons (Fsp3) is 0.846. The van der Waals surface area contributed by atoms with E-state index in [4.69, 9.17) is 24.4 Å². The molecule has 0 bridgehead atoms. The van der Waals surface area contributed by atoms with E-state index in [9.17, 15) is 0 Å². The van der Waals surface area contributed by atoms with E-state index in [1.54, 1.807) is 0 Å². The number of likely N-dealkylation sites (tertiary alicyclic amines) is 1. The Morgan fingerprint density at radius 1 is 1.06 bits per heavy atom. The molecule has 18 heavy (non-hydrogen) atoms. The molecule has 1 aliphatic heterocycles. The van der Waals surface area contributed by atoms with Crippen LogP contribution in [0, 0.1) is 0 Å². The summed E-state index contributed by atoms with van der Waals surface area (Å²) in [6, 6.07) is 0.626. The van der Waals surface area contributed by atoms with Crippen molar-refractivity contribution in [3.05, 3.63) is 0 Å². The average Bonchev–Trinajstić information content (AvgIpc) is 2.28. The van der Waals surface area contributed by atoms with E-state index in [1.165, 1.54) is 19.3 Å². The van der Waals surface area contributed by atoms with Crippen molar-refractivity contribution in [3.63, 3.8) is 0 Å². The van der Waals surface area contributed by atoms with E-state index < -0.39 is 0 Å². The van der Waals surface area contributed by atoms with Crippen molar-refractivity contribution < 1.29 is 0 Å². The zero-order valence-electron chi connectivity index (χ0n) is 11.9. The third kappa shape index (κ3) is 4.35. The molecule has 1 N–H and O–H groups in total. The van der Waals surface area contributed by atoms with Crippen molar-refractivity contribution in [2.24, 2.45) is 0 Å². The molecule has 0 aromatic heterocycles. The van der Waals surface area contributed by atoms with Gasteiger partial charge < -0.3 is 10.2 Å². The fourth-order valence-electron chi connectivity index (χ4n) is 2.10. The quantitative estimate of drug-likeness (QED) is 0.785. The summed E-state index contributed by atoms with van der Waals surface area (Å²) in [5.74, 6) is 0. The van der Waals surface area contributed by atoms with E-state index in [0.29, 0.717) is 6.04 Å². The fourth-order valence-corrected chi connectivity index (χ4v) is 3.17. The standard InChI is InChI=1S/C13H25N3S2/c1-10(2)14-12(17)16(11(3)4)13(18)15-8-6-5-7-9-15/h10-11H,5-9H2,1-4H3,(H,14,17). The molecule has 0 unspecified atom stereocenters. The summed E-state index contributed by atoms with van der Waals surface area (Å²) in [6.45, 7) is 10.6. The molecule has 1 fully saturated rings. The second-order valence-electron chi connectivity index (χ2n) is 5.40. The van der Waals surface area contributed by atoms with Crippen molar-refractivity contribution in [2.75, 3.05) is 13.1 Å². The molecule has 0 aliphatic carbocycles. The predicted octanol–water partition coefficient (Wildman–Crippen LogP) is 2.75. The summed E-state index contributed by atoms with van der Waals surface area (Å²) in [5.41, 5.74) is 0. The number of hydrogen-bond donors (Lipinski definition) is 1. The van der Waals surface area contributed by atoms with Gasteiger partial charge >= 0.3 is 0 Å². The van der Waals surface area contributed by atoms with Crippen LogP contribution in [-0.4, -0.2) is 45.2 Å². The molecular weight excluding hydrogens is 262 g/mol. The van der Waals surface area contributed by atoms with Crippen molar-refractivity contribution in [1.82, 2.24) is 15.1 Å². The van der Waals surface area contributed by atoms with Gasteiger partial charge in [-0.1, -0.05) is 0 Å². The van der Waals surface area contributed by atoms with Crippen LogP contribution in [0.1, 0.15) is 47.0 Å². The van der Waals surface area contributed by atoms with Gasteiger partial charge in [-0.25, -0.2) is 0 Å². The number of thiocarbonyl (C=S) groups is 2. The predicted molar refractivity (Wildman–Crippen MR) is 85.9 cm³/mol. The third-order valence-electron chi connectivity index (χ3n) is 2.98. The van der Waals surface area contributed by atoms with Gasteiger partial charge in [0.05, 0.1) is 0 Å². The Bertz CT molecular complexity index is 297. The van der Waals surface area contributed by atoms with E-state index in [0.717, 1.165) is 23.3 Å². The second-order valence-corrected chi connectivity index (χ2v) is 6.15. The summed E-state index contributed by atoms with van der Waals surface area (Å²) in [4.78, 5) is 4.35. The first kappa shape index (κ1) is 15.6. The van der Waals surface area contributed by atoms with Gasteiger partial charge in [-0.15, -0.1) is 0 Å². The highest BCUT2D eigenvalue weighted by Gasteiger charge is 2.24. The maximum Gasteiger partial charge on any atom is 0.178 e. The van der Waals surface area contributed by atoms with Gasteiger partial charge in [0.25, 0.3) is 0 Å². The van der Waals surface area contributed by atoms with Crippen LogP contribution in [0.2, 0.25) is 0 Å². The minimum atomic E-state index is 0.290. The summed E-state index contributed by atoms with van der Waals surface area (Å²) in [6.07, 6.45) is 3.78. The number of piperidine rings is 1. The van der Waals surface area contributed by atoms with Gasteiger partial charge in [0, 0.05) is 25.2 Å². The lowest BCUT2D eigenvalue weighted by Crippen LogP contribution is -2.54. The molecular formula is C13H25N3S2. The molecule has 104 valence electrons. The number of hydrogen-bond acceptors (Lipinski definition) is 2. The molecule has 1 aliphatic rings. The second kappa shape index (κ2) is 7.24. The Morgan fingerprint density at radius 3 is 2.06 bits per heavy atom. The lowest BCUT2D eigenvalue weighted by molar-refractivity contribution is 0.308. The first-order chi connectivity index (χ1) is 8.43. The largest absolute Gasteiger partial charge is 0.360 e. The van der Waals surface area contributed by atoms with Crippen LogP contribution in [0.25, 0.3) is 0 Å². The zero-order chi connectivity index (χ0) is 13.7. The van der Waals surface area contributed by atoms with Crippen LogP contribution in [-0.2, 0) is 0 Å². The molecule has 1 saturated heterocycles. The van der Waals surface area contributed by atoms with Crippen molar-refractivity contribution in [2.45, 2.75) is 59.0 Å². The summed E-state index contributed by atoms with van der Waals surface area (Å²) in [5, 5.41) is 4.91. The van der Waals surface area contributed by atoms with E-state index in [-0.39, 0.29) is 6.04 Å². The molecule has 0 amide bonds. The third-order valence-corrected chi connectivity index (χ3v) is 3.75. The molecule has 0 aromatic rings. The molecule has 0 aromatic carbocycles. The van der Waals surface area contributed by atoms with Crippen LogP contribution in [0.15, 0.2) is 0 Å². The van der Waals surface area contributed by atoms with Crippen LogP contribution < -0.4 is 5.32 Å². The highest BCUT2D eigenvalue weighted by atomic mass is 32.1. The molecule has 0 saturated carbocycles. The van der Waals surface area contributed by atoms with Gasteiger partial charge in [-0.2, -0.15) is 0 Å². The van der Waals surface area contributed by atoms with Gasteiger partial charge in [0.2, 0.25) is 0 Å². The van der Waals surface area contributed by atoms with Crippen molar-refractivity contribution in [3.8, 4) is 0 Å². The summed E-state index contributed by atoms with van der Waals surface area (Å²) in [7, 11) is 0. The highest BCUT2D eigenvalue weighted by Crippen LogP contribution is 2.13. The maximum atomic E-state index is 5.63. The van der Waals surface area contributed by atoms with Crippen molar-refractivity contribution in [1.29, 1.82) is 0 Å². The van der Waals surface area contributed by atoms with E-state index >= 15 is 0 Å². The maximum absolute atomic E-state index is 5.63. The molecule has 0 atom stereocenters.